The van der Waals surface area contributed by atoms with Gasteiger partial charge < -0.3 is 10.1 Å². The molecule has 0 aliphatic heterocycles. The summed E-state index contributed by atoms with van der Waals surface area (Å²) in [5, 5.41) is 3.47. The minimum absolute atomic E-state index is 0.153. The van der Waals surface area contributed by atoms with Crippen LogP contribution in [0.2, 0.25) is 0 Å². The molecular formula is C14H23NO. The van der Waals surface area contributed by atoms with Gasteiger partial charge in [-0.15, -0.1) is 0 Å². The molecule has 90 valence electrons. The number of hydrogen-bond donors (Lipinski definition) is 1. The molecule has 0 spiro atoms. The summed E-state index contributed by atoms with van der Waals surface area (Å²) in [5.74, 6) is 0.968. The zero-order chi connectivity index (χ0) is 12.0. The smallest absolute Gasteiger partial charge is 0.119 e. The highest BCUT2D eigenvalue weighted by atomic mass is 16.5. The molecule has 0 bridgehead atoms. The maximum Gasteiger partial charge on any atom is 0.119 e. The maximum atomic E-state index is 5.60. The van der Waals surface area contributed by atoms with Gasteiger partial charge in [0.1, 0.15) is 5.75 Å². The molecule has 1 aromatic rings. The summed E-state index contributed by atoms with van der Waals surface area (Å²) in [6.07, 6.45) is 1.05. The van der Waals surface area contributed by atoms with Gasteiger partial charge in [0.25, 0.3) is 0 Å². The quantitative estimate of drug-likeness (QED) is 0.823. The first-order chi connectivity index (χ1) is 7.51. The summed E-state index contributed by atoms with van der Waals surface area (Å²) in [4.78, 5) is 0. The van der Waals surface area contributed by atoms with Gasteiger partial charge in [-0.05, 0) is 44.9 Å². The van der Waals surface area contributed by atoms with Crippen LogP contribution >= 0.6 is 0 Å². The lowest BCUT2D eigenvalue weighted by Gasteiger charge is -2.20. The lowest BCUT2D eigenvalue weighted by molar-refractivity contribution is 0.317. The first kappa shape index (κ1) is 13.0. The van der Waals surface area contributed by atoms with E-state index in [9.17, 15) is 0 Å². The zero-order valence-electron chi connectivity index (χ0n) is 10.8. The Morgan fingerprint density at radius 2 is 2.00 bits per heavy atom. The fourth-order valence-corrected chi connectivity index (χ4v) is 1.33. The van der Waals surface area contributed by atoms with E-state index in [1.165, 1.54) is 5.56 Å². The van der Waals surface area contributed by atoms with Crippen molar-refractivity contribution in [3.63, 3.8) is 0 Å². The Bertz CT molecular complexity index is 315. The molecule has 0 aliphatic carbocycles. The molecule has 1 N–H and O–H groups in total. The number of nitrogens with one attached hydrogen (secondary N) is 1. The Hall–Kier alpha value is -1.02. The minimum Gasteiger partial charge on any atom is -0.494 e. The van der Waals surface area contributed by atoms with E-state index in [2.05, 4.69) is 45.1 Å². The van der Waals surface area contributed by atoms with E-state index in [4.69, 9.17) is 4.74 Å². The third-order valence-electron chi connectivity index (χ3n) is 2.19. The second-order valence-electron chi connectivity index (χ2n) is 5.10. The number of rotatable bonds is 5. The molecule has 1 rings (SSSR count). The minimum atomic E-state index is 0.153. The van der Waals surface area contributed by atoms with Crippen LogP contribution < -0.4 is 10.1 Å². The molecular weight excluding hydrogens is 198 g/mol. The molecule has 0 saturated heterocycles. The average molecular weight is 221 g/mol. The second-order valence-corrected chi connectivity index (χ2v) is 5.10. The molecule has 1 aromatic carbocycles. The summed E-state index contributed by atoms with van der Waals surface area (Å²) in [7, 11) is 0. The molecule has 0 aliphatic rings. The van der Waals surface area contributed by atoms with Crippen molar-refractivity contribution in [2.24, 2.45) is 0 Å². The average Bonchev–Trinajstić information content (AvgIpc) is 2.23. The molecule has 2 heteroatoms. The number of benzene rings is 1. The predicted molar refractivity (Wildman–Crippen MR) is 68.8 cm³/mol. The van der Waals surface area contributed by atoms with E-state index in [1.54, 1.807) is 0 Å². The van der Waals surface area contributed by atoms with Gasteiger partial charge in [-0.1, -0.05) is 19.1 Å². The molecule has 0 aromatic heterocycles. The molecule has 0 unspecified atom stereocenters. The summed E-state index contributed by atoms with van der Waals surface area (Å²) in [5.41, 5.74) is 1.42. The maximum absolute atomic E-state index is 5.60. The van der Waals surface area contributed by atoms with Crippen molar-refractivity contribution < 1.29 is 4.74 Å². The number of hydrogen-bond acceptors (Lipinski definition) is 2. The lowest BCUT2D eigenvalue weighted by atomic mass is 10.1. The van der Waals surface area contributed by atoms with Crippen LogP contribution in [0.4, 0.5) is 0 Å². The Morgan fingerprint density at radius 3 is 2.62 bits per heavy atom. The topological polar surface area (TPSA) is 21.3 Å². The van der Waals surface area contributed by atoms with E-state index in [0.29, 0.717) is 0 Å². The summed E-state index contributed by atoms with van der Waals surface area (Å²) < 4.78 is 5.60. The molecule has 0 heterocycles. The highest BCUT2D eigenvalue weighted by Crippen LogP contribution is 2.14. The Balaban J connectivity index is 2.53. The molecule has 0 radical (unpaired) electrons. The van der Waals surface area contributed by atoms with Crippen LogP contribution in [-0.4, -0.2) is 12.1 Å². The molecule has 0 saturated carbocycles. The fourth-order valence-electron chi connectivity index (χ4n) is 1.33. The SMILES string of the molecule is CCCOc1cccc(CNC(C)(C)C)c1. The van der Waals surface area contributed by atoms with Gasteiger partial charge in [0.15, 0.2) is 0 Å². The zero-order valence-corrected chi connectivity index (χ0v) is 10.8. The van der Waals surface area contributed by atoms with Crippen molar-refractivity contribution in [3.8, 4) is 5.75 Å². The third kappa shape index (κ3) is 5.17. The van der Waals surface area contributed by atoms with Gasteiger partial charge in [0, 0.05) is 12.1 Å². The number of ether oxygens (including phenoxy) is 1. The van der Waals surface area contributed by atoms with Gasteiger partial charge in [-0.25, -0.2) is 0 Å². The Kier molecular flexibility index (Phi) is 4.81. The van der Waals surface area contributed by atoms with Crippen LogP contribution in [0, 0.1) is 0 Å². The predicted octanol–water partition coefficient (Wildman–Crippen LogP) is 3.36. The van der Waals surface area contributed by atoms with Gasteiger partial charge in [0.05, 0.1) is 6.61 Å². The molecule has 0 atom stereocenters. The van der Waals surface area contributed by atoms with E-state index in [1.807, 2.05) is 12.1 Å². The van der Waals surface area contributed by atoms with Gasteiger partial charge in [-0.2, -0.15) is 0 Å². The largest absolute Gasteiger partial charge is 0.494 e. The second kappa shape index (κ2) is 5.90. The Labute approximate surface area is 99.0 Å². The van der Waals surface area contributed by atoms with E-state index in [0.717, 1.165) is 25.3 Å². The van der Waals surface area contributed by atoms with Crippen molar-refractivity contribution >= 4 is 0 Å². The summed E-state index contributed by atoms with van der Waals surface area (Å²) >= 11 is 0. The van der Waals surface area contributed by atoms with Crippen molar-refractivity contribution in [1.29, 1.82) is 0 Å². The van der Waals surface area contributed by atoms with Crippen molar-refractivity contribution in [2.45, 2.75) is 46.2 Å². The van der Waals surface area contributed by atoms with Crippen LogP contribution in [0.15, 0.2) is 24.3 Å². The molecule has 0 amide bonds. The van der Waals surface area contributed by atoms with Crippen LogP contribution in [0.25, 0.3) is 0 Å². The highest BCUT2D eigenvalue weighted by Gasteiger charge is 2.08. The monoisotopic (exact) mass is 221 g/mol. The molecule has 2 nitrogen and oxygen atoms in total. The van der Waals surface area contributed by atoms with Crippen LogP contribution in [0.1, 0.15) is 39.7 Å². The summed E-state index contributed by atoms with van der Waals surface area (Å²) in [6.45, 7) is 10.3. The van der Waals surface area contributed by atoms with Crippen molar-refractivity contribution in [2.75, 3.05) is 6.61 Å². The van der Waals surface area contributed by atoms with Gasteiger partial charge in [-0.3, -0.25) is 0 Å². The summed E-state index contributed by atoms with van der Waals surface area (Å²) in [6, 6.07) is 8.28. The van der Waals surface area contributed by atoms with Crippen LogP contribution in [-0.2, 0) is 6.54 Å². The van der Waals surface area contributed by atoms with E-state index in [-0.39, 0.29) is 5.54 Å². The first-order valence-corrected chi connectivity index (χ1v) is 5.98. The third-order valence-corrected chi connectivity index (χ3v) is 2.19. The van der Waals surface area contributed by atoms with Gasteiger partial charge in [0.2, 0.25) is 0 Å². The van der Waals surface area contributed by atoms with Crippen LogP contribution in [0.5, 0.6) is 5.75 Å². The van der Waals surface area contributed by atoms with Crippen molar-refractivity contribution in [1.82, 2.24) is 5.32 Å². The Morgan fingerprint density at radius 1 is 1.25 bits per heavy atom. The first-order valence-electron chi connectivity index (χ1n) is 5.98. The van der Waals surface area contributed by atoms with E-state index < -0.39 is 0 Å². The molecule has 0 fully saturated rings. The van der Waals surface area contributed by atoms with Gasteiger partial charge >= 0.3 is 0 Å². The molecule has 16 heavy (non-hydrogen) atoms. The highest BCUT2D eigenvalue weighted by molar-refractivity contribution is 5.28. The van der Waals surface area contributed by atoms with Crippen LogP contribution in [0.3, 0.4) is 0 Å². The lowest BCUT2D eigenvalue weighted by Crippen LogP contribution is -2.35. The fraction of sp³-hybridized carbons (Fsp3) is 0.571. The normalized spacial score (nSPS) is 11.5. The van der Waals surface area contributed by atoms with E-state index >= 15 is 0 Å². The van der Waals surface area contributed by atoms with Crippen molar-refractivity contribution in [3.05, 3.63) is 29.8 Å². The standard InChI is InChI=1S/C14H23NO/c1-5-9-16-13-8-6-7-12(10-13)11-15-14(2,3)4/h6-8,10,15H,5,9,11H2,1-4H3.